The first kappa shape index (κ1) is 8.11. The molecule has 0 radical (unpaired) electrons. The molecule has 0 atom stereocenters. The lowest BCUT2D eigenvalue weighted by Crippen LogP contribution is -1.87. The van der Waals surface area contributed by atoms with Crippen molar-refractivity contribution in [3.8, 4) is 5.69 Å². The van der Waals surface area contributed by atoms with Crippen LogP contribution in [-0.4, -0.2) is 4.57 Å². The maximum atomic E-state index is 2.18. The van der Waals surface area contributed by atoms with E-state index in [0.717, 1.165) is 6.42 Å². The Morgan fingerprint density at radius 1 is 1.08 bits per heavy atom. The molecule has 0 spiro atoms. The molecule has 0 aliphatic carbocycles. The summed E-state index contributed by atoms with van der Waals surface area (Å²) in [6, 6.07) is 12.5. The summed E-state index contributed by atoms with van der Waals surface area (Å²) in [6.45, 7) is 2.17. The van der Waals surface area contributed by atoms with E-state index in [4.69, 9.17) is 0 Å². The normalized spacial score (nSPS) is 10.2. The highest BCUT2D eigenvalue weighted by Crippen LogP contribution is 2.10. The first-order valence-corrected chi connectivity index (χ1v) is 4.62. The van der Waals surface area contributed by atoms with Gasteiger partial charge in [-0.05, 0) is 30.2 Å². The average Bonchev–Trinajstić information content (AvgIpc) is 2.67. The largest absolute Gasteiger partial charge is 0.324 e. The van der Waals surface area contributed by atoms with Crippen LogP contribution in [-0.2, 0) is 6.42 Å². The summed E-state index contributed by atoms with van der Waals surface area (Å²) in [6.07, 6.45) is 5.38. The summed E-state index contributed by atoms with van der Waals surface area (Å²) in [4.78, 5) is 0. The van der Waals surface area contributed by atoms with E-state index < -0.39 is 0 Å². The van der Waals surface area contributed by atoms with Gasteiger partial charge in [0.1, 0.15) is 0 Å². The zero-order valence-electron chi connectivity index (χ0n) is 7.77. The fourth-order valence-corrected chi connectivity index (χ4v) is 1.41. The molecule has 0 amide bonds. The van der Waals surface area contributed by atoms with Crippen LogP contribution in [0.3, 0.4) is 0 Å². The summed E-state index contributed by atoms with van der Waals surface area (Å²) >= 11 is 0. The van der Waals surface area contributed by atoms with Gasteiger partial charge in [-0.3, -0.25) is 0 Å². The van der Waals surface area contributed by atoms with Gasteiger partial charge < -0.3 is 4.57 Å². The standard InChI is InChI=1S/C12H13N/c1-2-11-8-9-13(10-11)12-6-4-3-5-7-12/h3-10H,2H2,1H3. The molecule has 1 nitrogen and oxygen atoms in total. The van der Waals surface area contributed by atoms with Crippen molar-refractivity contribution in [2.24, 2.45) is 0 Å². The molecule has 0 N–H and O–H groups in total. The maximum absolute atomic E-state index is 2.18. The fourth-order valence-electron chi connectivity index (χ4n) is 1.41. The van der Waals surface area contributed by atoms with Gasteiger partial charge in [-0.1, -0.05) is 25.1 Å². The van der Waals surface area contributed by atoms with E-state index in [1.807, 2.05) is 6.07 Å². The maximum Gasteiger partial charge on any atom is 0.0449 e. The van der Waals surface area contributed by atoms with Crippen LogP contribution in [0.15, 0.2) is 48.8 Å². The number of aromatic nitrogens is 1. The number of nitrogens with zero attached hydrogens (tertiary/aromatic N) is 1. The third kappa shape index (κ3) is 1.64. The van der Waals surface area contributed by atoms with Crippen molar-refractivity contribution >= 4 is 0 Å². The molecule has 0 saturated carbocycles. The second kappa shape index (κ2) is 3.48. The number of benzene rings is 1. The Morgan fingerprint density at radius 2 is 1.85 bits per heavy atom. The number of hydrogen-bond donors (Lipinski definition) is 0. The fraction of sp³-hybridized carbons (Fsp3) is 0.167. The number of hydrogen-bond acceptors (Lipinski definition) is 0. The second-order valence-corrected chi connectivity index (χ2v) is 3.12. The van der Waals surface area contributed by atoms with Crippen LogP contribution >= 0.6 is 0 Å². The van der Waals surface area contributed by atoms with Gasteiger partial charge in [0.05, 0.1) is 0 Å². The molecule has 0 fully saturated rings. The lowest BCUT2D eigenvalue weighted by atomic mass is 10.3. The van der Waals surface area contributed by atoms with Gasteiger partial charge in [0.25, 0.3) is 0 Å². The summed E-state index contributed by atoms with van der Waals surface area (Å²) in [5.41, 5.74) is 2.60. The Bertz CT molecular complexity index is 373. The van der Waals surface area contributed by atoms with E-state index in [0.29, 0.717) is 0 Å². The SMILES string of the molecule is CCc1ccn(-c2ccccc2)c1. The lowest BCUT2D eigenvalue weighted by Gasteiger charge is -2.00. The van der Waals surface area contributed by atoms with Crippen LogP contribution in [0.25, 0.3) is 5.69 Å². The summed E-state index contributed by atoms with van der Waals surface area (Å²) in [5.74, 6) is 0. The minimum absolute atomic E-state index is 1.10. The van der Waals surface area contributed by atoms with Gasteiger partial charge in [0, 0.05) is 18.1 Å². The highest BCUT2D eigenvalue weighted by Gasteiger charge is 1.95. The monoisotopic (exact) mass is 171 g/mol. The molecule has 0 bridgehead atoms. The Labute approximate surface area is 78.6 Å². The first-order chi connectivity index (χ1) is 6.40. The minimum atomic E-state index is 1.10. The van der Waals surface area contributed by atoms with E-state index >= 15 is 0 Å². The number of para-hydroxylation sites is 1. The summed E-state index contributed by atoms with van der Waals surface area (Å²) in [7, 11) is 0. The van der Waals surface area contributed by atoms with E-state index in [9.17, 15) is 0 Å². The zero-order valence-corrected chi connectivity index (χ0v) is 7.77. The zero-order chi connectivity index (χ0) is 9.10. The van der Waals surface area contributed by atoms with Crippen LogP contribution in [0.1, 0.15) is 12.5 Å². The van der Waals surface area contributed by atoms with Crippen molar-refractivity contribution in [3.05, 3.63) is 54.4 Å². The third-order valence-electron chi connectivity index (χ3n) is 2.22. The second-order valence-electron chi connectivity index (χ2n) is 3.12. The van der Waals surface area contributed by atoms with Gasteiger partial charge >= 0.3 is 0 Å². The molecule has 2 rings (SSSR count). The Morgan fingerprint density at radius 3 is 2.46 bits per heavy atom. The third-order valence-corrected chi connectivity index (χ3v) is 2.22. The molecule has 66 valence electrons. The van der Waals surface area contributed by atoms with Crippen LogP contribution in [0.5, 0.6) is 0 Å². The minimum Gasteiger partial charge on any atom is -0.324 e. The molecule has 0 aliphatic heterocycles. The van der Waals surface area contributed by atoms with Crippen LogP contribution < -0.4 is 0 Å². The molecular formula is C12H13N. The van der Waals surface area contributed by atoms with E-state index in [1.165, 1.54) is 11.3 Å². The molecular weight excluding hydrogens is 158 g/mol. The van der Waals surface area contributed by atoms with Crippen molar-refractivity contribution in [2.45, 2.75) is 13.3 Å². The van der Waals surface area contributed by atoms with Crippen molar-refractivity contribution in [3.63, 3.8) is 0 Å². The molecule has 0 unspecified atom stereocenters. The quantitative estimate of drug-likeness (QED) is 0.654. The molecule has 13 heavy (non-hydrogen) atoms. The van der Waals surface area contributed by atoms with Crippen LogP contribution in [0.4, 0.5) is 0 Å². The molecule has 0 aliphatic rings. The smallest absolute Gasteiger partial charge is 0.0449 e. The molecule has 1 heteroatoms. The molecule has 1 aromatic carbocycles. The lowest BCUT2D eigenvalue weighted by molar-refractivity contribution is 1.05. The van der Waals surface area contributed by atoms with Gasteiger partial charge in [0.15, 0.2) is 0 Å². The van der Waals surface area contributed by atoms with Crippen molar-refractivity contribution in [2.75, 3.05) is 0 Å². The van der Waals surface area contributed by atoms with Gasteiger partial charge in [-0.2, -0.15) is 0 Å². The number of rotatable bonds is 2. The molecule has 2 aromatic rings. The van der Waals surface area contributed by atoms with Crippen LogP contribution in [0.2, 0.25) is 0 Å². The van der Waals surface area contributed by atoms with Crippen molar-refractivity contribution in [1.29, 1.82) is 0 Å². The van der Waals surface area contributed by atoms with Crippen molar-refractivity contribution < 1.29 is 0 Å². The Kier molecular flexibility index (Phi) is 2.17. The topological polar surface area (TPSA) is 4.93 Å². The Balaban J connectivity index is 2.36. The molecule has 0 saturated heterocycles. The van der Waals surface area contributed by atoms with Crippen LogP contribution in [0, 0.1) is 0 Å². The predicted molar refractivity (Wildman–Crippen MR) is 55.1 cm³/mol. The first-order valence-electron chi connectivity index (χ1n) is 4.62. The van der Waals surface area contributed by atoms with E-state index in [1.54, 1.807) is 0 Å². The predicted octanol–water partition coefficient (Wildman–Crippen LogP) is 3.04. The van der Waals surface area contributed by atoms with E-state index in [-0.39, 0.29) is 0 Å². The highest BCUT2D eigenvalue weighted by atomic mass is 14.9. The number of aryl methyl sites for hydroxylation is 1. The Hall–Kier alpha value is -1.50. The van der Waals surface area contributed by atoms with Crippen molar-refractivity contribution in [1.82, 2.24) is 4.57 Å². The van der Waals surface area contributed by atoms with E-state index in [2.05, 4.69) is 54.2 Å². The summed E-state index contributed by atoms with van der Waals surface area (Å²) < 4.78 is 2.15. The highest BCUT2D eigenvalue weighted by molar-refractivity contribution is 5.33. The average molecular weight is 171 g/mol. The van der Waals surface area contributed by atoms with Gasteiger partial charge in [-0.15, -0.1) is 0 Å². The summed E-state index contributed by atoms with van der Waals surface area (Å²) in [5, 5.41) is 0. The molecule has 1 aromatic heterocycles. The van der Waals surface area contributed by atoms with Gasteiger partial charge in [0.2, 0.25) is 0 Å². The molecule has 1 heterocycles. The van der Waals surface area contributed by atoms with Gasteiger partial charge in [-0.25, -0.2) is 0 Å².